The number of aromatic nitrogens is 3. The Morgan fingerprint density at radius 3 is 2.23 bits per heavy atom. The van der Waals surface area contributed by atoms with Crippen LogP contribution in [-0.2, 0) is 17.4 Å². The zero-order valence-electron chi connectivity index (χ0n) is 31.5. The van der Waals surface area contributed by atoms with Crippen LogP contribution >= 0.6 is 0 Å². The van der Waals surface area contributed by atoms with Crippen molar-refractivity contribution in [3.8, 4) is 5.69 Å². The smallest absolute Gasteiger partial charge is 0.370 e. The fourth-order valence-corrected chi connectivity index (χ4v) is 5.57. The molecular formula is C38H53F3N10O2. The molecule has 1 fully saturated rings. The number of anilines is 1. The number of piperazine rings is 1. The first-order valence-electron chi connectivity index (χ1n) is 17.7. The molecule has 0 saturated carbocycles. The Labute approximate surface area is 308 Å². The molecule has 1 saturated heterocycles. The third kappa shape index (κ3) is 12.3. The van der Waals surface area contributed by atoms with E-state index in [0.717, 1.165) is 79.3 Å². The van der Waals surface area contributed by atoms with Crippen molar-refractivity contribution in [3.05, 3.63) is 87.6 Å². The maximum atomic E-state index is 12.5. The Hall–Kier alpha value is -4.89. The number of fused-ring (bicyclic) bond motifs is 1. The van der Waals surface area contributed by atoms with E-state index >= 15 is 0 Å². The normalized spacial score (nSPS) is 13.7. The molecule has 1 amide bonds. The van der Waals surface area contributed by atoms with Crippen molar-refractivity contribution < 1.29 is 18.0 Å². The molecule has 0 aliphatic carbocycles. The first-order valence-corrected chi connectivity index (χ1v) is 17.7. The Morgan fingerprint density at radius 1 is 0.943 bits per heavy atom. The van der Waals surface area contributed by atoms with Gasteiger partial charge >= 0.3 is 11.9 Å². The second-order valence-corrected chi connectivity index (χ2v) is 15.2. The summed E-state index contributed by atoms with van der Waals surface area (Å²) in [6, 6.07) is 15.3. The van der Waals surface area contributed by atoms with Gasteiger partial charge in [-0.25, -0.2) is 4.79 Å². The zero-order valence-corrected chi connectivity index (χ0v) is 31.5. The minimum atomic E-state index is -4.42. The van der Waals surface area contributed by atoms with Crippen LogP contribution in [0, 0.1) is 0 Å². The molecule has 2 aromatic carbocycles. The summed E-state index contributed by atoms with van der Waals surface area (Å²) in [6.07, 6.45) is -1.71. The first-order chi connectivity index (χ1) is 24.8. The lowest BCUT2D eigenvalue weighted by molar-refractivity contribution is -0.123. The number of rotatable bonds is 10. The van der Waals surface area contributed by atoms with E-state index in [0.29, 0.717) is 12.2 Å². The quantitative estimate of drug-likeness (QED) is 0.0788. The summed E-state index contributed by atoms with van der Waals surface area (Å²) in [5.41, 5.74) is 15.7. The molecule has 1 aliphatic heterocycles. The van der Waals surface area contributed by atoms with Gasteiger partial charge in [0.05, 0.1) is 5.69 Å². The fraction of sp³-hybridized carbons (Fsp3) is 0.474. The van der Waals surface area contributed by atoms with Gasteiger partial charge in [0.1, 0.15) is 12.2 Å². The summed E-state index contributed by atoms with van der Waals surface area (Å²) in [5.74, 6) is -0.576. The molecule has 5 rings (SSSR count). The molecule has 0 bridgehead atoms. The highest BCUT2D eigenvalue weighted by Crippen LogP contribution is 2.29. The molecular weight excluding hydrogens is 685 g/mol. The van der Waals surface area contributed by atoms with Gasteiger partial charge < -0.3 is 37.3 Å². The lowest BCUT2D eigenvalue weighted by Gasteiger charge is -2.31. The summed E-state index contributed by atoms with van der Waals surface area (Å²) in [5, 5.41) is 9.48. The molecule has 288 valence electrons. The molecule has 4 aromatic rings. The van der Waals surface area contributed by atoms with Crippen molar-refractivity contribution in [3.63, 3.8) is 0 Å². The summed E-state index contributed by atoms with van der Waals surface area (Å²) in [6.45, 7) is 16.6. The van der Waals surface area contributed by atoms with Crippen molar-refractivity contribution in [1.82, 2.24) is 30.5 Å². The Morgan fingerprint density at radius 2 is 1.62 bits per heavy atom. The third-order valence-electron chi connectivity index (χ3n) is 8.64. The van der Waals surface area contributed by atoms with Gasteiger partial charge in [0, 0.05) is 73.2 Å². The molecule has 0 unspecified atom stereocenters. The third-order valence-corrected chi connectivity index (χ3v) is 8.64. The van der Waals surface area contributed by atoms with E-state index in [4.69, 9.17) is 11.5 Å². The Balaban J connectivity index is 0.000000241. The number of alkyl halides is 3. The highest BCUT2D eigenvalue weighted by atomic mass is 19.4. The molecule has 0 spiro atoms. The number of benzene rings is 2. The largest absolute Gasteiger partial charge is 0.405 e. The van der Waals surface area contributed by atoms with Gasteiger partial charge in [0.25, 0.3) is 5.91 Å². The SMILES string of the molecule is CC(C)(C)c1cc(C(=O)NCC(F)(F)F)cc(N2CCNCC2)c1.CC(C)(C)c1cc2cn(-c3ccc(CNCCCN=C(N)N)cc3)c(=O)nc2[nH]1. The maximum absolute atomic E-state index is 12.5. The van der Waals surface area contributed by atoms with Crippen molar-refractivity contribution in [2.45, 2.75) is 71.5 Å². The van der Waals surface area contributed by atoms with Crippen molar-refractivity contribution in [2.24, 2.45) is 16.5 Å². The summed E-state index contributed by atoms with van der Waals surface area (Å²) in [4.78, 5) is 38.2. The molecule has 1 aliphatic rings. The standard InChI is InChI=1S/C21H29N7O.C17H24F3N3O/c1-21(2,3)17-11-15-13-28(20(29)27-18(15)26-17)16-7-5-14(6-8-16)12-24-9-4-10-25-19(22)23;1-16(2,3)13-8-12(15(24)22-11-17(18,19)20)9-14(10-13)23-6-4-21-5-7-23/h5-8,11,13,24H,4,9-10,12H2,1-3H3,(H4,22,23,25)(H,26,27,29);8-10,21H,4-7,11H2,1-3H3,(H,22,24). The number of amides is 1. The van der Waals surface area contributed by atoms with Crippen molar-refractivity contribution in [1.29, 1.82) is 0 Å². The molecule has 0 atom stereocenters. The zero-order chi connectivity index (χ0) is 39.0. The summed E-state index contributed by atoms with van der Waals surface area (Å²) in [7, 11) is 0. The molecule has 15 heteroatoms. The maximum Gasteiger partial charge on any atom is 0.405 e. The predicted molar refractivity (Wildman–Crippen MR) is 206 cm³/mol. The van der Waals surface area contributed by atoms with Gasteiger partial charge in [0.2, 0.25) is 0 Å². The van der Waals surface area contributed by atoms with E-state index in [-0.39, 0.29) is 28.0 Å². The van der Waals surface area contributed by atoms with Crippen molar-refractivity contribution in [2.75, 3.05) is 50.7 Å². The Bertz CT molecular complexity index is 1910. The number of carbonyl (C=O) groups is 1. The lowest BCUT2D eigenvalue weighted by atomic mass is 9.85. The topological polar surface area (TPSA) is 171 Å². The van der Waals surface area contributed by atoms with Gasteiger partial charge in [-0.2, -0.15) is 18.2 Å². The Kier molecular flexibility index (Phi) is 13.3. The van der Waals surface area contributed by atoms with Crippen LogP contribution in [-0.4, -0.2) is 78.4 Å². The van der Waals surface area contributed by atoms with Gasteiger partial charge in [-0.1, -0.05) is 53.7 Å². The molecule has 53 heavy (non-hydrogen) atoms. The number of hydrogen-bond acceptors (Lipinski definition) is 7. The number of aromatic amines is 1. The molecule has 12 nitrogen and oxygen atoms in total. The number of carbonyl (C=O) groups excluding carboxylic acids is 1. The first kappa shape index (κ1) is 40.9. The van der Waals surface area contributed by atoms with Crippen LogP contribution in [0.25, 0.3) is 16.7 Å². The number of H-pyrrole nitrogens is 1. The summed E-state index contributed by atoms with van der Waals surface area (Å²) < 4.78 is 38.6. The molecule has 8 N–H and O–H groups in total. The minimum absolute atomic E-state index is 0.0352. The molecule has 2 aromatic heterocycles. The second kappa shape index (κ2) is 17.3. The van der Waals surface area contributed by atoms with Gasteiger partial charge in [-0.05, 0) is 65.9 Å². The molecule has 0 radical (unpaired) electrons. The summed E-state index contributed by atoms with van der Waals surface area (Å²) >= 11 is 0. The van der Waals surface area contributed by atoms with E-state index in [2.05, 4.69) is 57.3 Å². The predicted octanol–water partition coefficient (Wildman–Crippen LogP) is 4.45. The highest BCUT2D eigenvalue weighted by Gasteiger charge is 2.28. The monoisotopic (exact) mass is 738 g/mol. The lowest BCUT2D eigenvalue weighted by Crippen LogP contribution is -2.43. The van der Waals surface area contributed by atoms with E-state index in [1.807, 2.05) is 62.6 Å². The second-order valence-electron chi connectivity index (χ2n) is 15.2. The van der Waals surface area contributed by atoms with Gasteiger partial charge in [-0.3, -0.25) is 14.4 Å². The van der Waals surface area contributed by atoms with E-state index in [9.17, 15) is 22.8 Å². The van der Waals surface area contributed by atoms with Gasteiger partial charge in [-0.15, -0.1) is 0 Å². The number of guanidine groups is 1. The minimum Gasteiger partial charge on any atom is -0.370 e. The number of halogens is 3. The van der Waals surface area contributed by atoms with E-state index in [1.165, 1.54) is 0 Å². The van der Waals surface area contributed by atoms with Gasteiger partial charge in [0.15, 0.2) is 5.96 Å². The van der Waals surface area contributed by atoms with Crippen LogP contribution in [0.4, 0.5) is 18.9 Å². The van der Waals surface area contributed by atoms with Crippen molar-refractivity contribution >= 4 is 28.6 Å². The van der Waals surface area contributed by atoms with Crippen LogP contribution in [0.1, 0.15) is 75.1 Å². The number of nitrogens with zero attached hydrogens (tertiary/aromatic N) is 4. The number of nitrogens with two attached hydrogens (primary N) is 2. The van der Waals surface area contributed by atoms with Crippen LogP contribution in [0.3, 0.4) is 0 Å². The van der Waals surface area contributed by atoms with Crippen LogP contribution < -0.4 is 38.0 Å². The van der Waals surface area contributed by atoms with Crippen LogP contribution in [0.5, 0.6) is 0 Å². The van der Waals surface area contributed by atoms with Crippen LogP contribution in [0.15, 0.2) is 64.5 Å². The number of aliphatic imine (C=N–C) groups is 1. The molecule has 3 heterocycles. The average molecular weight is 739 g/mol. The van der Waals surface area contributed by atoms with E-state index in [1.54, 1.807) is 16.7 Å². The highest BCUT2D eigenvalue weighted by molar-refractivity contribution is 5.95. The number of hydrogen-bond donors (Lipinski definition) is 6. The van der Waals surface area contributed by atoms with E-state index < -0.39 is 18.6 Å². The van der Waals surface area contributed by atoms with Crippen LogP contribution in [0.2, 0.25) is 0 Å². The number of nitrogens with one attached hydrogen (secondary N) is 4. The average Bonchev–Trinajstić information content (AvgIpc) is 3.52. The fourth-order valence-electron chi connectivity index (χ4n) is 5.57.